The average molecular weight is 128 g/mol. The minimum Gasteiger partial charge on any atom is -0.329 e. The van der Waals surface area contributed by atoms with Crippen LogP contribution in [0.5, 0.6) is 0 Å². The van der Waals surface area contributed by atoms with E-state index in [4.69, 9.17) is 5.73 Å². The summed E-state index contributed by atoms with van der Waals surface area (Å²) in [6.45, 7) is 3.71. The van der Waals surface area contributed by atoms with Crippen LogP contribution in [-0.2, 0) is 0 Å². The fourth-order valence-electron chi connectivity index (χ4n) is 1.05. The van der Waals surface area contributed by atoms with Crippen LogP contribution in [0.1, 0.15) is 0 Å². The van der Waals surface area contributed by atoms with Crippen LogP contribution in [0.25, 0.3) is 0 Å². The molecule has 0 saturated carbocycles. The zero-order valence-corrected chi connectivity index (χ0v) is 5.88. The summed E-state index contributed by atoms with van der Waals surface area (Å²) in [6, 6.07) is 0.499. The third-order valence-corrected chi connectivity index (χ3v) is 1.85. The summed E-state index contributed by atoms with van der Waals surface area (Å²) in [5, 5.41) is 4.26. The van der Waals surface area contributed by atoms with Crippen LogP contribution in [-0.4, -0.2) is 44.2 Å². The van der Waals surface area contributed by atoms with Crippen molar-refractivity contribution in [3.05, 3.63) is 0 Å². The smallest absolute Gasteiger partial charge is 0.0357 e. The van der Waals surface area contributed by atoms with Gasteiger partial charge in [-0.05, 0) is 7.05 Å². The summed E-state index contributed by atoms with van der Waals surface area (Å²) < 4.78 is 0. The lowest BCUT2D eigenvalue weighted by Crippen LogP contribution is -2.49. The lowest BCUT2D eigenvalue weighted by Gasteiger charge is -2.30. The molecule has 1 atom stereocenters. The zero-order valence-electron chi connectivity index (χ0n) is 5.88. The van der Waals surface area contributed by atoms with Crippen LogP contribution in [0.15, 0.2) is 0 Å². The molecule has 0 aromatic heterocycles. The molecular formula is C6H14N3. The first-order chi connectivity index (χ1) is 4.34. The van der Waals surface area contributed by atoms with Gasteiger partial charge in [0, 0.05) is 32.2 Å². The molecule has 1 aliphatic heterocycles. The SMILES string of the molecule is CN1CC[N]CC1CN. The third kappa shape index (κ3) is 1.64. The van der Waals surface area contributed by atoms with Gasteiger partial charge in [0.2, 0.25) is 0 Å². The first-order valence-corrected chi connectivity index (χ1v) is 3.38. The summed E-state index contributed by atoms with van der Waals surface area (Å²) >= 11 is 0. The van der Waals surface area contributed by atoms with Crippen molar-refractivity contribution in [2.45, 2.75) is 6.04 Å². The zero-order chi connectivity index (χ0) is 6.69. The molecule has 1 radical (unpaired) electrons. The highest BCUT2D eigenvalue weighted by molar-refractivity contribution is 4.76. The molecule has 0 bridgehead atoms. The summed E-state index contributed by atoms with van der Waals surface area (Å²) in [5.74, 6) is 0. The molecule has 0 spiro atoms. The van der Waals surface area contributed by atoms with Crippen molar-refractivity contribution in [1.82, 2.24) is 10.2 Å². The van der Waals surface area contributed by atoms with Gasteiger partial charge in [-0.25, -0.2) is 5.32 Å². The second-order valence-corrected chi connectivity index (χ2v) is 2.50. The molecule has 1 aliphatic rings. The van der Waals surface area contributed by atoms with Crippen LogP contribution in [0, 0.1) is 0 Å². The molecule has 1 saturated heterocycles. The van der Waals surface area contributed by atoms with Gasteiger partial charge in [0.05, 0.1) is 0 Å². The minimum absolute atomic E-state index is 0.499. The molecule has 9 heavy (non-hydrogen) atoms. The second-order valence-electron chi connectivity index (χ2n) is 2.50. The highest BCUT2D eigenvalue weighted by atomic mass is 15.2. The van der Waals surface area contributed by atoms with E-state index >= 15 is 0 Å². The quantitative estimate of drug-likeness (QED) is 0.485. The molecule has 0 aromatic rings. The highest BCUT2D eigenvalue weighted by Crippen LogP contribution is 1.97. The van der Waals surface area contributed by atoms with Gasteiger partial charge >= 0.3 is 0 Å². The van der Waals surface area contributed by atoms with E-state index in [1.54, 1.807) is 0 Å². The first-order valence-electron chi connectivity index (χ1n) is 3.38. The van der Waals surface area contributed by atoms with Crippen molar-refractivity contribution < 1.29 is 0 Å². The number of hydrogen-bond donors (Lipinski definition) is 1. The van der Waals surface area contributed by atoms with E-state index in [-0.39, 0.29) is 0 Å². The van der Waals surface area contributed by atoms with Crippen molar-refractivity contribution in [1.29, 1.82) is 0 Å². The normalized spacial score (nSPS) is 30.7. The number of piperazine rings is 1. The maximum atomic E-state index is 5.49. The lowest BCUT2D eigenvalue weighted by molar-refractivity contribution is 0.203. The van der Waals surface area contributed by atoms with Crippen LogP contribution < -0.4 is 11.1 Å². The largest absolute Gasteiger partial charge is 0.329 e. The van der Waals surface area contributed by atoms with Crippen molar-refractivity contribution in [2.75, 3.05) is 33.2 Å². The fourth-order valence-corrected chi connectivity index (χ4v) is 1.05. The van der Waals surface area contributed by atoms with Gasteiger partial charge in [0.15, 0.2) is 0 Å². The number of hydrogen-bond acceptors (Lipinski definition) is 2. The van der Waals surface area contributed by atoms with Gasteiger partial charge in [0.25, 0.3) is 0 Å². The van der Waals surface area contributed by atoms with E-state index in [0.29, 0.717) is 6.04 Å². The topological polar surface area (TPSA) is 43.4 Å². The second kappa shape index (κ2) is 3.15. The molecule has 3 nitrogen and oxygen atoms in total. The van der Waals surface area contributed by atoms with Crippen molar-refractivity contribution in [2.24, 2.45) is 5.73 Å². The fraction of sp³-hybridized carbons (Fsp3) is 1.00. The standard InChI is InChI=1S/C6H14N3/c1-9-3-2-8-5-6(9)4-7/h6H,2-5,7H2,1H3. The van der Waals surface area contributed by atoms with E-state index in [0.717, 1.165) is 26.2 Å². The van der Waals surface area contributed by atoms with Gasteiger partial charge in [-0.2, -0.15) is 0 Å². The Labute approximate surface area is 56.2 Å². The number of nitrogens with zero attached hydrogens (tertiary/aromatic N) is 2. The Morgan fingerprint density at radius 2 is 2.56 bits per heavy atom. The highest BCUT2D eigenvalue weighted by Gasteiger charge is 2.16. The number of likely N-dealkylation sites (N-methyl/N-ethyl adjacent to an activating group) is 1. The average Bonchev–Trinajstić information content (AvgIpc) is 1.89. The Bertz CT molecular complexity index is 84.4. The lowest BCUT2D eigenvalue weighted by atomic mass is 10.2. The molecular weight excluding hydrogens is 114 g/mol. The molecule has 0 amide bonds. The van der Waals surface area contributed by atoms with Gasteiger partial charge < -0.3 is 5.73 Å². The van der Waals surface area contributed by atoms with Gasteiger partial charge in [-0.3, -0.25) is 4.90 Å². The molecule has 3 heteroatoms. The van der Waals surface area contributed by atoms with Crippen molar-refractivity contribution >= 4 is 0 Å². The maximum absolute atomic E-state index is 5.49. The maximum Gasteiger partial charge on any atom is 0.0357 e. The molecule has 1 heterocycles. The molecule has 2 N–H and O–H groups in total. The Morgan fingerprint density at radius 1 is 1.78 bits per heavy atom. The number of rotatable bonds is 1. The molecule has 0 aromatic carbocycles. The van der Waals surface area contributed by atoms with E-state index in [9.17, 15) is 0 Å². The van der Waals surface area contributed by atoms with Gasteiger partial charge in [0.1, 0.15) is 0 Å². The third-order valence-electron chi connectivity index (χ3n) is 1.85. The summed E-state index contributed by atoms with van der Waals surface area (Å²) in [7, 11) is 2.10. The van der Waals surface area contributed by atoms with Crippen LogP contribution in [0.4, 0.5) is 0 Å². The predicted octanol–water partition coefficient (Wildman–Crippen LogP) is -1.14. The Balaban J connectivity index is 2.30. The summed E-state index contributed by atoms with van der Waals surface area (Å²) in [5.41, 5.74) is 5.49. The molecule has 53 valence electrons. The van der Waals surface area contributed by atoms with E-state index in [2.05, 4.69) is 17.3 Å². The molecule has 1 rings (SSSR count). The summed E-state index contributed by atoms with van der Waals surface area (Å²) in [4.78, 5) is 2.27. The Hall–Kier alpha value is -0.120. The van der Waals surface area contributed by atoms with Crippen LogP contribution in [0.3, 0.4) is 0 Å². The van der Waals surface area contributed by atoms with Crippen LogP contribution in [0.2, 0.25) is 0 Å². The van der Waals surface area contributed by atoms with Gasteiger partial charge in [-0.1, -0.05) is 0 Å². The molecule has 1 unspecified atom stereocenters. The monoisotopic (exact) mass is 128 g/mol. The van der Waals surface area contributed by atoms with E-state index in [1.165, 1.54) is 0 Å². The molecule has 0 aliphatic carbocycles. The van der Waals surface area contributed by atoms with E-state index < -0.39 is 0 Å². The van der Waals surface area contributed by atoms with Crippen molar-refractivity contribution in [3.63, 3.8) is 0 Å². The predicted molar refractivity (Wildman–Crippen MR) is 37.3 cm³/mol. The Morgan fingerprint density at radius 3 is 3.00 bits per heavy atom. The van der Waals surface area contributed by atoms with Crippen molar-refractivity contribution in [3.8, 4) is 0 Å². The number of nitrogens with two attached hydrogens (primary N) is 1. The van der Waals surface area contributed by atoms with E-state index in [1.807, 2.05) is 0 Å². The molecule has 1 fully saturated rings. The van der Waals surface area contributed by atoms with Crippen LogP contribution >= 0.6 is 0 Å². The first kappa shape index (κ1) is 6.99. The summed E-state index contributed by atoms with van der Waals surface area (Å²) in [6.07, 6.45) is 0. The minimum atomic E-state index is 0.499. The Kier molecular flexibility index (Phi) is 2.45. The van der Waals surface area contributed by atoms with Gasteiger partial charge in [-0.15, -0.1) is 0 Å².